The molecule has 0 saturated heterocycles. The molecule has 2 aromatic heterocycles. The molecular weight excluding hydrogens is 374 g/mol. The number of hydrogen-bond donors (Lipinski definition) is 2. The first-order chi connectivity index (χ1) is 13.4. The average molecular weight is 393 g/mol. The van der Waals surface area contributed by atoms with Crippen LogP contribution in [0.3, 0.4) is 0 Å². The first-order valence-corrected chi connectivity index (χ1v) is 8.59. The van der Waals surface area contributed by atoms with Crippen molar-refractivity contribution < 1.29 is 17.6 Å². The van der Waals surface area contributed by atoms with Gasteiger partial charge in [0.1, 0.15) is 11.5 Å². The number of nitrogens with zero attached hydrogens (tertiary/aromatic N) is 3. The molecule has 0 atom stereocenters. The van der Waals surface area contributed by atoms with Gasteiger partial charge in [-0.2, -0.15) is 13.2 Å². The van der Waals surface area contributed by atoms with Crippen LogP contribution < -0.4 is 10.6 Å². The maximum atomic E-state index is 13.2. The van der Waals surface area contributed by atoms with Gasteiger partial charge in [0.05, 0.1) is 11.3 Å². The van der Waals surface area contributed by atoms with E-state index < -0.39 is 17.6 Å². The van der Waals surface area contributed by atoms with Gasteiger partial charge < -0.3 is 15.0 Å². The fourth-order valence-electron chi connectivity index (χ4n) is 2.78. The molecule has 0 unspecified atom stereocenters. The van der Waals surface area contributed by atoms with E-state index in [2.05, 4.69) is 20.6 Å². The molecule has 3 rings (SSSR count). The molecule has 0 aliphatic heterocycles. The van der Waals surface area contributed by atoms with Crippen molar-refractivity contribution in [3.05, 3.63) is 71.4 Å². The zero-order chi connectivity index (χ0) is 20.1. The van der Waals surface area contributed by atoms with Crippen molar-refractivity contribution in [1.29, 1.82) is 0 Å². The Kier molecular flexibility index (Phi) is 5.81. The quantitative estimate of drug-likeness (QED) is 0.397. The summed E-state index contributed by atoms with van der Waals surface area (Å²) in [6.07, 6.45) is -0.187. The standard InChI is InChI=1S/C19H19F4N5/c1-24-18(25-8-7-15-12-28-9-3-2-4-17(28)27-15)26-11-13-5-6-14(20)10-16(13)19(21,22)23/h2-6,9-10,12H,7-8,11H2,1H3,(H2,24,25,26). The summed E-state index contributed by atoms with van der Waals surface area (Å²) in [5.74, 6) is -0.577. The normalized spacial score (nSPS) is 12.4. The van der Waals surface area contributed by atoms with Gasteiger partial charge in [0.15, 0.2) is 5.96 Å². The molecular formula is C19H19F4N5. The molecule has 2 heterocycles. The smallest absolute Gasteiger partial charge is 0.356 e. The maximum absolute atomic E-state index is 13.2. The van der Waals surface area contributed by atoms with E-state index in [4.69, 9.17) is 0 Å². The predicted molar refractivity (Wildman–Crippen MR) is 98.5 cm³/mol. The van der Waals surface area contributed by atoms with Crippen molar-refractivity contribution >= 4 is 11.6 Å². The lowest BCUT2D eigenvalue weighted by Crippen LogP contribution is -2.38. The second kappa shape index (κ2) is 8.28. The number of aromatic nitrogens is 2. The molecule has 9 heteroatoms. The Balaban J connectivity index is 1.57. The Hall–Kier alpha value is -3.10. The summed E-state index contributed by atoms with van der Waals surface area (Å²) < 4.78 is 54.3. The van der Waals surface area contributed by atoms with Crippen molar-refractivity contribution in [3.63, 3.8) is 0 Å². The van der Waals surface area contributed by atoms with Gasteiger partial charge in [-0.15, -0.1) is 0 Å². The first-order valence-electron chi connectivity index (χ1n) is 8.59. The number of rotatable bonds is 5. The van der Waals surface area contributed by atoms with E-state index in [1.807, 2.05) is 35.0 Å². The number of alkyl halides is 3. The minimum absolute atomic E-state index is 0.0581. The molecule has 0 saturated carbocycles. The van der Waals surface area contributed by atoms with Gasteiger partial charge in [-0.05, 0) is 29.8 Å². The van der Waals surface area contributed by atoms with Crippen LogP contribution in [0.15, 0.2) is 53.8 Å². The van der Waals surface area contributed by atoms with E-state index in [0.29, 0.717) is 25.0 Å². The summed E-state index contributed by atoms with van der Waals surface area (Å²) >= 11 is 0. The molecule has 148 valence electrons. The van der Waals surface area contributed by atoms with Crippen LogP contribution in [0, 0.1) is 5.82 Å². The molecule has 0 fully saturated rings. The number of benzene rings is 1. The zero-order valence-corrected chi connectivity index (χ0v) is 15.1. The number of guanidine groups is 1. The van der Waals surface area contributed by atoms with Gasteiger partial charge in [-0.1, -0.05) is 12.1 Å². The van der Waals surface area contributed by atoms with E-state index in [0.717, 1.165) is 23.5 Å². The average Bonchev–Trinajstić information content (AvgIpc) is 3.07. The molecule has 0 amide bonds. The highest BCUT2D eigenvalue weighted by Crippen LogP contribution is 2.32. The minimum Gasteiger partial charge on any atom is -0.356 e. The Morgan fingerprint density at radius 1 is 1.18 bits per heavy atom. The Bertz CT molecular complexity index is 945. The van der Waals surface area contributed by atoms with E-state index in [1.54, 1.807) is 0 Å². The molecule has 1 aromatic carbocycles. The SMILES string of the molecule is CN=C(NCCc1cn2ccccc2n1)NCc1ccc(F)cc1C(F)(F)F. The molecule has 3 aromatic rings. The van der Waals surface area contributed by atoms with Gasteiger partial charge in [0, 0.05) is 39.0 Å². The molecule has 0 bridgehead atoms. The number of nitrogens with one attached hydrogen (secondary N) is 2. The maximum Gasteiger partial charge on any atom is 0.416 e. The number of halogens is 4. The highest BCUT2D eigenvalue weighted by atomic mass is 19.4. The lowest BCUT2D eigenvalue weighted by molar-refractivity contribution is -0.138. The number of imidazole rings is 1. The van der Waals surface area contributed by atoms with Crippen LogP contribution in [0.5, 0.6) is 0 Å². The van der Waals surface area contributed by atoms with Crippen LogP contribution in [0.2, 0.25) is 0 Å². The summed E-state index contributed by atoms with van der Waals surface area (Å²) in [6, 6.07) is 8.34. The van der Waals surface area contributed by atoms with Crippen molar-refractivity contribution in [2.45, 2.75) is 19.1 Å². The van der Waals surface area contributed by atoms with Crippen LogP contribution >= 0.6 is 0 Å². The van der Waals surface area contributed by atoms with Gasteiger partial charge in [-0.3, -0.25) is 4.99 Å². The predicted octanol–water partition coefficient (Wildman–Crippen LogP) is 3.40. The number of pyridine rings is 1. The molecule has 28 heavy (non-hydrogen) atoms. The molecule has 0 spiro atoms. The molecule has 5 nitrogen and oxygen atoms in total. The Morgan fingerprint density at radius 2 is 2.00 bits per heavy atom. The highest BCUT2D eigenvalue weighted by Gasteiger charge is 2.33. The van der Waals surface area contributed by atoms with Crippen LogP contribution in [0.1, 0.15) is 16.8 Å². The second-order valence-corrected chi connectivity index (χ2v) is 6.10. The summed E-state index contributed by atoms with van der Waals surface area (Å²) in [5.41, 5.74) is 0.667. The molecule has 2 N–H and O–H groups in total. The van der Waals surface area contributed by atoms with Gasteiger partial charge >= 0.3 is 6.18 Å². The minimum atomic E-state index is -4.63. The molecule has 0 radical (unpaired) electrons. The Morgan fingerprint density at radius 3 is 2.71 bits per heavy atom. The summed E-state index contributed by atoms with van der Waals surface area (Å²) in [4.78, 5) is 8.48. The fourth-order valence-corrected chi connectivity index (χ4v) is 2.78. The van der Waals surface area contributed by atoms with Crippen molar-refractivity contribution in [1.82, 2.24) is 20.0 Å². The number of fused-ring (bicyclic) bond motifs is 1. The lowest BCUT2D eigenvalue weighted by Gasteiger charge is -2.15. The summed E-state index contributed by atoms with van der Waals surface area (Å²) in [6.45, 7) is 0.363. The lowest BCUT2D eigenvalue weighted by atomic mass is 10.1. The van der Waals surface area contributed by atoms with Crippen molar-refractivity contribution in [3.8, 4) is 0 Å². The second-order valence-electron chi connectivity index (χ2n) is 6.10. The monoisotopic (exact) mass is 393 g/mol. The number of hydrogen-bond acceptors (Lipinski definition) is 2. The van der Waals surface area contributed by atoms with Gasteiger partial charge in [0.2, 0.25) is 0 Å². The molecule has 0 aliphatic rings. The summed E-state index contributed by atoms with van der Waals surface area (Å²) in [5, 5.41) is 5.86. The van der Waals surface area contributed by atoms with Crippen molar-refractivity contribution in [2.24, 2.45) is 4.99 Å². The Labute approximate surface area is 159 Å². The van der Waals surface area contributed by atoms with E-state index in [-0.39, 0.29) is 12.1 Å². The van der Waals surface area contributed by atoms with Gasteiger partial charge in [-0.25, -0.2) is 9.37 Å². The third-order valence-corrected chi connectivity index (χ3v) is 4.13. The zero-order valence-electron chi connectivity index (χ0n) is 15.1. The van der Waals surface area contributed by atoms with Gasteiger partial charge in [0.25, 0.3) is 0 Å². The van der Waals surface area contributed by atoms with E-state index in [9.17, 15) is 17.6 Å². The van der Waals surface area contributed by atoms with Crippen molar-refractivity contribution in [2.75, 3.05) is 13.6 Å². The third kappa shape index (κ3) is 4.79. The van der Waals surface area contributed by atoms with E-state index in [1.165, 1.54) is 7.05 Å². The van der Waals surface area contributed by atoms with Crippen LogP contribution in [0.4, 0.5) is 17.6 Å². The van der Waals surface area contributed by atoms with Crippen LogP contribution in [0.25, 0.3) is 5.65 Å². The summed E-state index contributed by atoms with van der Waals surface area (Å²) in [7, 11) is 1.52. The largest absolute Gasteiger partial charge is 0.416 e. The van der Waals surface area contributed by atoms with E-state index >= 15 is 0 Å². The fraction of sp³-hybridized carbons (Fsp3) is 0.263. The highest BCUT2D eigenvalue weighted by molar-refractivity contribution is 5.79. The van der Waals surface area contributed by atoms with Crippen LogP contribution in [-0.2, 0) is 19.1 Å². The number of aliphatic imine (C=N–C) groups is 1. The molecule has 0 aliphatic carbocycles. The topological polar surface area (TPSA) is 53.7 Å². The third-order valence-electron chi connectivity index (χ3n) is 4.13. The first kappa shape index (κ1) is 19.7. The van der Waals surface area contributed by atoms with Crippen LogP contribution in [-0.4, -0.2) is 28.9 Å².